The second-order valence-electron chi connectivity index (χ2n) is 9.00. The quantitative estimate of drug-likeness (QED) is 0.629. The van der Waals surface area contributed by atoms with Crippen molar-refractivity contribution in [2.24, 2.45) is 5.92 Å². The predicted molar refractivity (Wildman–Crippen MR) is 127 cm³/mol. The number of cyclic esters (lactones) is 1. The Morgan fingerprint density at radius 2 is 2.00 bits per heavy atom. The van der Waals surface area contributed by atoms with Crippen LogP contribution in [-0.4, -0.2) is 80.0 Å². The van der Waals surface area contributed by atoms with Crippen LogP contribution in [0.3, 0.4) is 0 Å². The van der Waals surface area contributed by atoms with Crippen molar-refractivity contribution in [3.8, 4) is 0 Å². The molecular formula is C24H32FN5O5. The molecule has 0 spiro atoms. The first-order chi connectivity index (χ1) is 16.8. The number of carbonyl (C=O) groups excluding carboxylic acids is 3. The van der Waals surface area contributed by atoms with Gasteiger partial charge >= 0.3 is 12.2 Å². The summed E-state index contributed by atoms with van der Waals surface area (Å²) in [7, 11) is 0. The van der Waals surface area contributed by atoms with Crippen LogP contribution in [0.2, 0.25) is 0 Å². The smallest absolute Gasteiger partial charge is 0.415 e. The van der Waals surface area contributed by atoms with Gasteiger partial charge in [0, 0.05) is 39.0 Å². The van der Waals surface area contributed by atoms with E-state index in [2.05, 4.69) is 10.2 Å². The Labute approximate surface area is 204 Å². The van der Waals surface area contributed by atoms with Gasteiger partial charge in [0.25, 0.3) is 0 Å². The van der Waals surface area contributed by atoms with Gasteiger partial charge in [-0.1, -0.05) is 0 Å². The first-order valence-corrected chi connectivity index (χ1v) is 12.0. The molecule has 35 heavy (non-hydrogen) atoms. The number of amides is 3. The molecule has 0 radical (unpaired) electrons. The van der Waals surface area contributed by atoms with E-state index in [1.165, 1.54) is 17.9 Å². The fourth-order valence-electron chi connectivity index (χ4n) is 4.61. The van der Waals surface area contributed by atoms with Crippen LogP contribution in [0, 0.1) is 11.7 Å². The highest BCUT2D eigenvalue weighted by Gasteiger charge is 2.33. The molecule has 0 bridgehead atoms. The number of piperidine rings is 1. The normalized spacial score (nSPS) is 20.4. The van der Waals surface area contributed by atoms with Gasteiger partial charge < -0.3 is 24.6 Å². The maximum atomic E-state index is 15.0. The maximum Gasteiger partial charge on any atom is 0.415 e. The van der Waals surface area contributed by atoms with Crippen LogP contribution in [0.4, 0.5) is 25.4 Å². The van der Waals surface area contributed by atoms with Gasteiger partial charge in [-0.25, -0.2) is 14.0 Å². The minimum Gasteiger partial charge on any atom is -0.449 e. The molecule has 0 aromatic heterocycles. The number of nitrogens with zero attached hydrogens (tertiary/aromatic N) is 4. The van der Waals surface area contributed by atoms with Gasteiger partial charge in [0.2, 0.25) is 5.91 Å². The summed E-state index contributed by atoms with van der Waals surface area (Å²) in [4.78, 5) is 42.2. The van der Waals surface area contributed by atoms with Crippen LogP contribution >= 0.6 is 0 Å². The van der Waals surface area contributed by atoms with Crippen LogP contribution in [0.25, 0.3) is 0 Å². The van der Waals surface area contributed by atoms with Crippen LogP contribution in [-0.2, 0) is 14.3 Å². The average molecular weight is 490 g/mol. The molecule has 0 unspecified atom stereocenters. The standard InChI is InChI=1S/C24H32FN5O5/c1-3-34-23(32)29-11-10-27(16-29)14-18-6-8-28(9-7-18)22-5-4-19(12-21(22)25)30-15-20(35-24(30)33)13-26-17(2)31/h4-5,10-12,18,20H,3,6-9,13-16H2,1-2H3,(H,26,31)/t20-/m0/s1. The van der Waals surface area contributed by atoms with E-state index in [0.717, 1.165) is 32.5 Å². The Morgan fingerprint density at radius 1 is 1.23 bits per heavy atom. The molecule has 1 aromatic carbocycles. The third kappa shape index (κ3) is 5.95. The fraction of sp³-hybridized carbons (Fsp3) is 0.542. The largest absolute Gasteiger partial charge is 0.449 e. The van der Waals surface area contributed by atoms with Crippen molar-refractivity contribution in [2.45, 2.75) is 32.8 Å². The Balaban J connectivity index is 1.27. The Bertz CT molecular complexity index is 981. The van der Waals surface area contributed by atoms with Crippen molar-refractivity contribution >= 4 is 29.5 Å². The first kappa shape index (κ1) is 24.6. The molecule has 10 nitrogen and oxygen atoms in total. The van der Waals surface area contributed by atoms with Gasteiger partial charge in [0.15, 0.2) is 0 Å². The van der Waals surface area contributed by atoms with Crippen molar-refractivity contribution in [3.63, 3.8) is 0 Å². The van der Waals surface area contributed by atoms with Gasteiger partial charge in [-0.05, 0) is 43.9 Å². The summed E-state index contributed by atoms with van der Waals surface area (Å²) in [5.74, 6) is -0.138. The average Bonchev–Trinajstić information content (AvgIpc) is 3.45. The molecule has 3 heterocycles. The molecular weight excluding hydrogens is 457 g/mol. The van der Waals surface area contributed by atoms with E-state index in [9.17, 15) is 14.4 Å². The summed E-state index contributed by atoms with van der Waals surface area (Å²) in [6, 6.07) is 4.80. The summed E-state index contributed by atoms with van der Waals surface area (Å²) >= 11 is 0. The second kappa shape index (κ2) is 10.8. The molecule has 1 aromatic rings. The topological polar surface area (TPSA) is 94.7 Å². The zero-order valence-electron chi connectivity index (χ0n) is 20.1. The molecule has 2 fully saturated rings. The Morgan fingerprint density at radius 3 is 2.69 bits per heavy atom. The molecule has 190 valence electrons. The molecule has 1 atom stereocenters. The summed E-state index contributed by atoms with van der Waals surface area (Å²) in [6.07, 6.45) is 4.11. The first-order valence-electron chi connectivity index (χ1n) is 12.0. The van der Waals surface area contributed by atoms with Crippen molar-refractivity contribution in [2.75, 3.05) is 55.8 Å². The van der Waals surface area contributed by atoms with Crippen LogP contribution in [0.5, 0.6) is 0 Å². The zero-order valence-corrected chi connectivity index (χ0v) is 20.1. The number of hydrogen-bond acceptors (Lipinski definition) is 7. The van der Waals surface area contributed by atoms with E-state index in [1.54, 1.807) is 30.2 Å². The maximum absolute atomic E-state index is 15.0. The lowest BCUT2D eigenvalue weighted by Gasteiger charge is -2.35. The molecule has 3 aliphatic rings. The summed E-state index contributed by atoms with van der Waals surface area (Å²) in [6.45, 7) is 6.77. The Kier molecular flexibility index (Phi) is 7.62. The number of anilines is 2. The van der Waals surface area contributed by atoms with Crippen molar-refractivity contribution in [1.29, 1.82) is 0 Å². The molecule has 11 heteroatoms. The van der Waals surface area contributed by atoms with Gasteiger partial charge in [-0.2, -0.15) is 0 Å². The van der Waals surface area contributed by atoms with Gasteiger partial charge in [0.1, 0.15) is 18.6 Å². The summed E-state index contributed by atoms with van der Waals surface area (Å²) in [5.41, 5.74) is 0.951. The lowest BCUT2D eigenvalue weighted by molar-refractivity contribution is -0.119. The van der Waals surface area contributed by atoms with E-state index in [0.29, 0.717) is 30.6 Å². The number of benzene rings is 1. The van der Waals surface area contributed by atoms with E-state index < -0.39 is 12.2 Å². The van der Waals surface area contributed by atoms with Gasteiger partial charge in [-0.15, -0.1) is 0 Å². The minimum absolute atomic E-state index is 0.200. The number of halogens is 1. The Hall–Kier alpha value is -3.50. The number of carbonyl (C=O) groups is 3. The lowest BCUT2D eigenvalue weighted by Crippen LogP contribution is -2.39. The molecule has 3 aliphatic heterocycles. The minimum atomic E-state index is -0.550. The second-order valence-corrected chi connectivity index (χ2v) is 9.00. The highest BCUT2D eigenvalue weighted by molar-refractivity contribution is 5.90. The summed E-state index contributed by atoms with van der Waals surface area (Å²) < 4.78 is 25.3. The molecule has 1 N–H and O–H groups in total. The van der Waals surface area contributed by atoms with E-state index in [1.807, 2.05) is 11.1 Å². The van der Waals surface area contributed by atoms with Crippen LogP contribution in [0.1, 0.15) is 26.7 Å². The highest BCUT2D eigenvalue weighted by Crippen LogP contribution is 2.31. The summed E-state index contributed by atoms with van der Waals surface area (Å²) in [5, 5.41) is 2.63. The predicted octanol–water partition coefficient (Wildman–Crippen LogP) is 2.71. The number of hydrogen-bond donors (Lipinski definition) is 1. The lowest BCUT2D eigenvalue weighted by atomic mass is 9.96. The highest BCUT2D eigenvalue weighted by atomic mass is 19.1. The van der Waals surface area contributed by atoms with Gasteiger partial charge in [-0.3, -0.25) is 14.6 Å². The number of rotatable bonds is 7. The monoisotopic (exact) mass is 489 g/mol. The van der Waals surface area contributed by atoms with Crippen LogP contribution in [0.15, 0.2) is 30.6 Å². The third-order valence-corrected chi connectivity index (χ3v) is 6.44. The third-order valence-electron chi connectivity index (χ3n) is 6.44. The molecule has 3 amide bonds. The molecule has 0 aliphatic carbocycles. The number of nitrogens with one attached hydrogen (secondary N) is 1. The SMILES string of the molecule is CCOC(=O)N1C=CN(CC2CCN(c3ccc(N4C[C@H](CNC(C)=O)OC4=O)cc3F)CC2)C1. The molecule has 4 rings (SSSR count). The van der Waals surface area contributed by atoms with Crippen molar-refractivity contribution < 1.29 is 28.2 Å². The number of ether oxygens (including phenoxy) is 2. The van der Waals surface area contributed by atoms with E-state index >= 15 is 4.39 Å². The van der Waals surface area contributed by atoms with Gasteiger partial charge in [0.05, 0.1) is 31.1 Å². The molecule has 2 saturated heterocycles. The van der Waals surface area contributed by atoms with Crippen molar-refractivity contribution in [3.05, 3.63) is 36.4 Å². The fourth-order valence-corrected chi connectivity index (χ4v) is 4.61. The van der Waals surface area contributed by atoms with Crippen LogP contribution < -0.4 is 15.1 Å². The van der Waals surface area contributed by atoms with E-state index in [4.69, 9.17) is 9.47 Å². The molecule has 0 saturated carbocycles. The van der Waals surface area contributed by atoms with Crippen molar-refractivity contribution in [1.82, 2.24) is 15.1 Å². The van der Waals surface area contributed by atoms with E-state index in [-0.39, 0.29) is 30.9 Å². The zero-order chi connectivity index (χ0) is 24.9.